The molecule has 152 valence electrons. The van der Waals surface area contributed by atoms with Gasteiger partial charge in [0, 0.05) is 17.8 Å². The maximum absolute atomic E-state index is 13.3. The molecule has 0 radical (unpaired) electrons. The molecule has 0 saturated carbocycles. The van der Waals surface area contributed by atoms with E-state index in [1.165, 1.54) is 15.5 Å². The Labute approximate surface area is 171 Å². The minimum absolute atomic E-state index is 0.137. The van der Waals surface area contributed by atoms with Crippen molar-refractivity contribution in [2.45, 2.75) is 25.8 Å². The van der Waals surface area contributed by atoms with Crippen LogP contribution >= 0.6 is 0 Å². The fourth-order valence-electron chi connectivity index (χ4n) is 4.30. The maximum atomic E-state index is 13.3. The third-order valence-electron chi connectivity index (χ3n) is 6.17. The number of urea groups is 1. The van der Waals surface area contributed by atoms with E-state index in [1.54, 1.807) is 0 Å². The van der Waals surface area contributed by atoms with E-state index in [2.05, 4.69) is 27.3 Å². The topological polar surface area (TPSA) is 71.2 Å². The second-order valence-electron chi connectivity index (χ2n) is 7.94. The average Bonchev–Trinajstić information content (AvgIpc) is 3.00. The molecular formula is C22H29N5O2+2. The molecular weight excluding hydrogens is 366 g/mol. The number of pyridine rings is 1. The number of H-pyrrole nitrogens is 1. The van der Waals surface area contributed by atoms with Crippen molar-refractivity contribution in [2.24, 2.45) is 0 Å². The quantitative estimate of drug-likeness (QED) is 0.717. The summed E-state index contributed by atoms with van der Waals surface area (Å²) in [5, 5.41) is 2.99. The van der Waals surface area contributed by atoms with Gasteiger partial charge in [0.15, 0.2) is 19.1 Å². The Morgan fingerprint density at radius 2 is 1.72 bits per heavy atom. The molecule has 1 aromatic heterocycles. The van der Waals surface area contributed by atoms with Crippen LogP contribution < -0.4 is 20.1 Å². The van der Waals surface area contributed by atoms with E-state index in [1.807, 2.05) is 50.5 Å². The fourth-order valence-corrected chi connectivity index (χ4v) is 4.30. The number of rotatable bonds is 5. The van der Waals surface area contributed by atoms with Crippen molar-refractivity contribution in [1.29, 1.82) is 0 Å². The molecule has 2 aliphatic rings. The first-order chi connectivity index (χ1) is 14.0. The highest BCUT2D eigenvalue weighted by molar-refractivity contribution is 6.07. The number of nitrogens with one attached hydrogen (secondary N) is 3. The third kappa shape index (κ3) is 3.58. The molecule has 3 N–H and O–H groups in total. The Morgan fingerprint density at radius 3 is 2.34 bits per heavy atom. The molecule has 2 fully saturated rings. The fraction of sp³-hybridized carbons (Fsp3) is 0.409. The molecule has 7 heteroatoms. The summed E-state index contributed by atoms with van der Waals surface area (Å²) in [4.78, 5) is 34.1. The molecule has 2 saturated heterocycles. The first-order valence-corrected chi connectivity index (χ1v) is 10.3. The zero-order valence-corrected chi connectivity index (χ0v) is 17.1. The third-order valence-corrected chi connectivity index (χ3v) is 6.17. The van der Waals surface area contributed by atoms with E-state index >= 15 is 0 Å². The number of carbonyl (C=O) groups excluding carboxylic acids is 2. The van der Waals surface area contributed by atoms with Crippen LogP contribution in [0.25, 0.3) is 0 Å². The summed E-state index contributed by atoms with van der Waals surface area (Å²) in [6.45, 7) is 7.96. The summed E-state index contributed by atoms with van der Waals surface area (Å²) in [6.07, 6.45) is 4.39. The summed E-state index contributed by atoms with van der Waals surface area (Å²) < 4.78 is 0. The predicted octanol–water partition coefficient (Wildman–Crippen LogP) is 0.329. The summed E-state index contributed by atoms with van der Waals surface area (Å²) >= 11 is 0. The molecule has 1 atom stereocenters. The molecule has 4 rings (SSSR count). The van der Waals surface area contributed by atoms with E-state index in [-0.39, 0.29) is 11.9 Å². The largest absolute Gasteiger partial charge is 0.360 e. The van der Waals surface area contributed by atoms with E-state index in [9.17, 15) is 9.59 Å². The number of aryl methyl sites for hydroxylation is 1. The number of amides is 3. The van der Waals surface area contributed by atoms with Crippen molar-refractivity contribution >= 4 is 17.6 Å². The normalized spacial score (nSPS) is 22.8. The van der Waals surface area contributed by atoms with Gasteiger partial charge in [-0.25, -0.2) is 14.7 Å². The average molecular weight is 396 g/mol. The molecule has 2 aliphatic heterocycles. The second kappa shape index (κ2) is 7.83. The summed E-state index contributed by atoms with van der Waals surface area (Å²) in [6, 6.07) is 11.7. The van der Waals surface area contributed by atoms with Crippen LogP contribution in [0.3, 0.4) is 0 Å². The van der Waals surface area contributed by atoms with Gasteiger partial charge >= 0.3 is 6.03 Å². The van der Waals surface area contributed by atoms with Gasteiger partial charge in [-0.15, -0.1) is 0 Å². The number of imide groups is 1. The van der Waals surface area contributed by atoms with E-state index in [0.717, 1.165) is 37.3 Å². The number of piperazine rings is 1. The van der Waals surface area contributed by atoms with Crippen LogP contribution in [-0.2, 0) is 10.3 Å². The number of hydrogen-bond acceptors (Lipinski definition) is 3. The van der Waals surface area contributed by atoms with Crippen molar-refractivity contribution in [3.05, 3.63) is 59.9 Å². The second-order valence-corrected chi connectivity index (χ2v) is 7.94. The highest BCUT2D eigenvalue weighted by Crippen LogP contribution is 2.32. The first-order valence-electron chi connectivity index (χ1n) is 10.3. The Hall–Kier alpha value is -2.93. The number of hydrogen-bond donors (Lipinski definition) is 2. The van der Waals surface area contributed by atoms with E-state index in [4.69, 9.17) is 0 Å². The van der Waals surface area contributed by atoms with Gasteiger partial charge in [0.2, 0.25) is 0 Å². The number of quaternary nitrogens is 1. The van der Waals surface area contributed by atoms with Crippen molar-refractivity contribution in [2.75, 3.05) is 37.7 Å². The SMILES string of the molecule is CC[C@@]1(c2ccc(C)cc2)NC(=O)N(C[NH+]2CCN(c3cc[nH+]cc3)CC2)C1=O. The molecule has 7 nitrogen and oxygen atoms in total. The lowest BCUT2D eigenvalue weighted by atomic mass is 9.87. The van der Waals surface area contributed by atoms with Gasteiger partial charge in [0.1, 0.15) is 5.54 Å². The minimum atomic E-state index is -0.952. The number of carbonyl (C=O) groups is 2. The molecule has 0 bridgehead atoms. The molecule has 3 heterocycles. The summed E-state index contributed by atoms with van der Waals surface area (Å²) in [5.74, 6) is -0.137. The van der Waals surface area contributed by atoms with Crippen LogP contribution in [0.5, 0.6) is 0 Å². The molecule has 0 unspecified atom stereocenters. The number of benzene rings is 1. The summed E-state index contributed by atoms with van der Waals surface area (Å²) in [5.41, 5.74) is 2.23. The lowest BCUT2D eigenvalue weighted by Gasteiger charge is -2.34. The number of nitrogens with zero attached hydrogens (tertiary/aromatic N) is 2. The zero-order chi connectivity index (χ0) is 20.4. The van der Waals surface area contributed by atoms with Crippen LogP contribution in [0, 0.1) is 6.92 Å². The highest BCUT2D eigenvalue weighted by atomic mass is 16.2. The first kappa shape index (κ1) is 19.4. The van der Waals surface area contributed by atoms with Crippen molar-refractivity contribution < 1.29 is 19.5 Å². The van der Waals surface area contributed by atoms with Gasteiger partial charge in [0.25, 0.3) is 5.91 Å². The maximum Gasteiger partial charge on any atom is 0.329 e. The minimum Gasteiger partial charge on any atom is -0.360 e. The monoisotopic (exact) mass is 395 g/mol. The number of anilines is 1. The lowest BCUT2D eigenvalue weighted by molar-refractivity contribution is -0.907. The van der Waals surface area contributed by atoms with Gasteiger partial charge < -0.3 is 15.1 Å². The van der Waals surface area contributed by atoms with E-state index in [0.29, 0.717) is 13.1 Å². The van der Waals surface area contributed by atoms with Gasteiger partial charge in [-0.3, -0.25) is 4.79 Å². The Kier molecular flexibility index (Phi) is 5.24. The molecule has 1 aromatic carbocycles. The molecule has 29 heavy (non-hydrogen) atoms. The van der Waals surface area contributed by atoms with Crippen LogP contribution in [0.1, 0.15) is 24.5 Å². The molecule has 3 amide bonds. The summed E-state index contributed by atoms with van der Waals surface area (Å²) in [7, 11) is 0. The Morgan fingerprint density at radius 1 is 1.07 bits per heavy atom. The Balaban J connectivity index is 1.44. The standard InChI is InChI=1S/C22H27N5O2/c1-3-22(18-6-4-17(2)5-7-18)20(28)27(21(29)24-22)16-25-12-14-26(15-13-25)19-8-10-23-11-9-19/h4-11H,3,12-16H2,1-2H3,(H,24,29)/p+2/t22-/m0/s1. The highest BCUT2D eigenvalue weighted by Gasteiger charge is 2.52. The van der Waals surface area contributed by atoms with Gasteiger partial charge in [-0.05, 0) is 18.9 Å². The van der Waals surface area contributed by atoms with Crippen LogP contribution in [-0.4, -0.2) is 49.7 Å². The lowest BCUT2D eigenvalue weighted by Crippen LogP contribution is -3.16. The molecule has 2 aromatic rings. The van der Waals surface area contributed by atoms with Crippen LogP contribution in [0.2, 0.25) is 0 Å². The van der Waals surface area contributed by atoms with E-state index < -0.39 is 5.54 Å². The molecule has 0 aliphatic carbocycles. The Bertz CT molecular complexity index is 878. The molecule has 0 spiro atoms. The van der Waals surface area contributed by atoms with Crippen molar-refractivity contribution in [1.82, 2.24) is 10.2 Å². The van der Waals surface area contributed by atoms with Crippen molar-refractivity contribution in [3.8, 4) is 0 Å². The van der Waals surface area contributed by atoms with Gasteiger partial charge in [-0.1, -0.05) is 36.8 Å². The predicted molar refractivity (Wildman–Crippen MR) is 109 cm³/mol. The van der Waals surface area contributed by atoms with Gasteiger partial charge in [0.05, 0.1) is 26.2 Å². The van der Waals surface area contributed by atoms with Crippen LogP contribution in [0.4, 0.5) is 10.5 Å². The zero-order valence-electron chi connectivity index (χ0n) is 17.1. The number of aromatic nitrogens is 1. The van der Waals surface area contributed by atoms with Crippen LogP contribution in [0.15, 0.2) is 48.8 Å². The van der Waals surface area contributed by atoms with Crippen molar-refractivity contribution in [3.63, 3.8) is 0 Å². The number of aromatic amines is 1. The van der Waals surface area contributed by atoms with Gasteiger partial charge in [-0.2, -0.15) is 0 Å². The smallest absolute Gasteiger partial charge is 0.329 e.